The first-order valence-electron chi connectivity index (χ1n) is 7.30. The van der Waals surface area contributed by atoms with Crippen molar-refractivity contribution in [3.8, 4) is 0 Å². The molecule has 0 aromatic heterocycles. The SMILES string of the molecule is CC(C)CCCC(C)NCC1CCC(C)(C)O1. The topological polar surface area (TPSA) is 21.3 Å². The van der Waals surface area contributed by atoms with E-state index in [1.807, 2.05) is 0 Å². The molecule has 0 aromatic carbocycles. The third kappa shape index (κ3) is 6.42. The molecule has 0 radical (unpaired) electrons. The molecule has 0 amide bonds. The van der Waals surface area contributed by atoms with Crippen LogP contribution in [-0.4, -0.2) is 24.3 Å². The molecule has 0 saturated carbocycles. The van der Waals surface area contributed by atoms with E-state index in [0.717, 1.165) is 12.5 Å². The van der Waals surface area contributed by atoms with Gasteiger partial charge in [-0.2, -0.15) is 0 Å². The van der Waals surface area contributed by atoms with E-state index < -0.39 is 0 Å². The Hall–Kier alpha value is -0.0800. The summed E-state index contributed by atoms with van der Waals surface area (Å²) in [5, 5.41) is 3.61. The molecule has 2 heteroatoms. The van der Waals surface area contributed by atoms with Crippen molar-refractivity contribution in [1.82, 2.24) is 5.32 Å². The summed E-state index contributed by atoms with van der Waals surface area (Å²) in [5.41, 5.74) is 0.104. The predicted molar refractivity (Wildman–Crippen MR) is 74.3 cm³/mol. The van der Waals surface area contributed by atoms with Crippen molar-refractivity contribution in [3.05, 3.63) is 0 Å². The maximum absolute atomic E-state index is 5.98. The van der Waals surface area contributed by atoms with Gasteiger partial charge < -0.3 is 10.1 Å². The molecule has 0 aliphatic carbocycles. The second-order valence-corrected chi connectivity index (χ2v) is 6.67. The average molecular weight is 241 g/mol. The minimum Gasteiger partial charge on any atom is -0.371 e. The Morgan fingerprint density at radius 3 is 2.47 bits per heavy atom. The highest BCUT2D eigenvalue weighted by molar-refractivity contribution is 4.82. The molecule has 1 fully saturated rings. The lowest BCUT2D eigenvalue weighted by atomic mass is 10.0. The maximum Gasteiger partial charge on any atom is 0.0707 e. The zero-order valence-electron chi connectivity index (χ0n) is 12.4. The first-order valence-corrected chi connectivity index (χ1v) is 7.30. The molecule has 102 valence electrons. The van der Waals surface area contributed by atoms with E-state index in [9.17, 15) is 0 Å². The summed E-state index contributed by atoms with van der Waals surface area (Å²) in [6.07, 6.45) is 6.80. The molecule has 2 unspecified atom stereocenters. The maximum atomic E-state index is 5.98. The summed E-state index contributed by atoms with van der Waals surface area (Å²) in [6.45, 7) is 12.3. The van der Waals surface area contributed by atoms with Crippen molar-refractivity contribution in [2.24, 2.45) is 5.92 Å². The standard InChI is InChI=1S/C15H31NO/c1-12(2)7-6-8-13(3)16-11-14-9-10-15(4,5)17-14/h12-14,16H,6-11H2,1-5H3. The van der Waals surface area contributed by atoms with Crippen LogP contribution in [0.2, 0.25) is 0 Å². The summed E-state index contributed by atoms with van der Waals surface area (Å²) in [5.74, 6) is 0.834. The lowest BCUT2D eigenvalue weighted by Gasteiger charge is -2.21. The van der Waals surface area contributed by atoms with Crippen LogP contribution in [-0.2, 0) is 4.74 Å². The fourth-order valence-electron chi connectivity index (χ4n) is 2.49. The van der Waals surface area contributed by atoms with Crippen LogP contribution in [0.1, 0.15) is 66.7 Å². The zero-order valence-corrected chi connectivity index (χ0v) is 12.4. The number of hydrogen-bond acceptors (Lipinski definition) is 2. The summed E-state index contributed by atoms with van der Waals surface area (Å²) in [6, 6.07) is 0.626. The Balaban J connectivity index is 2.06. The van der Waals surface area contributed by atoms with Crippen LogP contribution in [0.4, 0.5) is 0 Å². The molecule has 2 nitrogen and oxygen atoms in total. The highest BCUT2D eigenvalue weighted by Crippen LogP contribution is 2.28. The summed E-state index contributed by atoms with van der Waals surface area (Å²) in [4.78, 5) is 0. The van der Waals surface area contributed by atoms with Gasteiger partial charge in [0.05, 0.1) is 11.7 Å². The van der Waals surface area contributed by atoms with E-state index in [-0.39, 0.29) is 5.60 Å². The second-order valence-electron chi connectivity index (χ2n) is 6.67. The minimum atomic E-state index is 0.104. The van der Waals surface area contributed by atoms with Gasteiger partial charge in [0, 0.05) is 12.6 Å². The first kappa shape index (κ1) is 15.0. The summed E-state index contributed by atoms with van der Waals surface area (Å²) < 4.78 is 5.98. The minimum absolute atomic E-state index is 0.104. The summed E-state index contributed by atoms with van der Waals surface area (Å²) in [7, 11) is 0. The predicted octanol–water partition coefficient (Wildman–Crippen LogP) is 3.75. The van der Waals surface area contributed by atoms with Gasteiger partial charge in [0.15, 0.2) is 0 Å². The van der Waals surface area contributed by atoms with Crippen LogP contribution in [0.15, 0.2) is 0 Å². The van der Waals surface area contributed by atoms with Crippen molar-refractivity contribution in [2.75, 3.05) is 6.54 Å². The smallest absolute Gasteiger partial charge is 0.0707 e. The van der Waals surface area contributed by atoms with Crippen LogP contribution >= 0.6 is 0 Å². The number of ether oxygens (including phenoxy) is 1. The molecule has 1 rings (SSSR count). The highest BCUT2D eigenvalue weighted by atomic mass is 16.5. The van der Waals surface area contributed by atoms with Crippen molar-refractivity contribution >= 4 is 0 Å². The molecular formula is C15H31NO. The highest BCUT2D eigenvalue weighted by Gasteiger charge is 2.31. The van der Waals surface area contributed by atoms with Crippen LogP contribution in [0.3, 0.4) is 0 Å². The van der Waals surface area contributed by atoms with Crippen LogP contribution in [0, 0.1) is 5.92 Å². The second kappa shape index (κ2) is 6.75. The van der Waals surface area contributed by atoms with Crippen molar-refractivity contribution in [1.29, 1.82) is 0 Å². The van der Waals surface area contributed by atoms with Gasteiger partial charge in [0.1, 0.15) is 0 Å². The summed E-state index contributed by atoms with van der Waals surface area (Å²) >= 11 is 0. The molecule has 2 atom stereocenters. The van der Waals surface area contributed by atoms with Gasteiger partial charge in [0.25, 0.3) is 0 Å². The fourth-order valence-corrected chi connectivity index (χ4v) is 2.49. The molecule has 0 aromatic rings. The quantitative estimate of drug-likeness (QED) is 0.733. The third-order valence-corrected chi connectivity index (χ3v) is 3.67. The first-order chi connectivity index (χ1) is 7.89. The van der Waals surface area contributed by atoms with E-state index >= 15 is 0 Å². The van der Waals surface area contributed by atoms with Gasteiger partial charge in [-0.15, -0.1) is 0 Å². The van der Waals surface area contributed by atoms with Crippen molar-refractivity contribution < 1.29 is 4.74 Å². The van der Waals surface area contributed by atoms with E-state index in [2.05, 4.69) is 39.9 Å². The Morgan fingerprint density at radius 1 is 1.24 bits per heavy atom. The molecule has 1 N–H and O–H groups in total. The van der Waals surface area contributed by atoms with E-state index in [1.165, 1.54) is 32.1 Å². The zero-order chi connectivity index (χ0) is 12.9. The molecule has 1 saturated heterocycles. The van der Waals surface area contributed by atoms with Gasteiger partial charge in [0.2, 0.25) is 0 Å². The molecule has 0 spiro atoms. The van der Waals surface area contributed by atoms with Crippen LogP contribution < -0.4 is 5.32 Å². The molecule has 1 aliphatic rings. The fraction of sp³-hybridized carbons (Fsp3) is 1.00. The van der Waals surface area contributed by atoms with Gasteiger partial charge in [-0.1, -0.05) is 26.7 Å². The number of nitrogens with one attached hydrogen (secondary N) is 1. The molecular weight excluding hydrogens is 210 g/mol. The Bertz CT molecular complexity index is 213. The van der Waals surface area contributed by atoms with E-state index in [0.29, 0.717) is 12.1 Å². The Labute approximate surface area is 108 Å². The van der Waals surface area contributed by atoms with Gasteiger partial charge in [-0.3, -0.25) is 0 Å². The van der Waals surface area contributed by atoms with Gasteiger partial charge in [-0.05, 0) is 46.0 Å². The molecule has 0 bridgehead atoms. The van der Waals surface area contributed by atoms with Gasteiger partial charge >= 0.3 is 0 Å². The Morgan fingerprint density at radius 2 is 1.94 bits per heavy atom. The van der Waals surface area contributed by atoms with E-state index in [4.69, 9.17) is 4.74 Å². The Kier molecular flexibility index (Phi) is 5.94. The molecule has 1 aliphatic heterocycles. The monoisotopic (exact) mass is 241 g/mol. The largest absolute Gasteiger partial charge is 0.371 e. The van der Waals surface area contributed by atoms with E-state index in [1.54, 1.807) is 0 Å². The number of rotatable bonds is 7. The van der Waals surface area contributed by atoms with Crippen molar-refractivity contribution in [2.45, 2.75) is 84.5 Å². The van der Waals surface area contributed by atoms with Crippen molar-refractivity contribution in [3.63, 3.8) is 0 Å². The third-order valence-electron chi connectivity index (χ3n) is 3.67. The van der Waals surface area contributed by atoms with Gasteiger partial charge in [-0.25, -0.2) is 0 Å². The van der Waals surface area contributed by atoms with Crippen LogP contribution in [0.5, 0.6) is 0 Å². The average Bonchev–Trinajstić information content (AvgIpc) is 2.55. The number of hydrogen-bond donors (Lipinski definition) is 1. The molecule has 1 heterocycles. The van der Waals surface area contributed by atoms with Crippen LogP contribution in [0.25, 0.3) is 0 Å². The molecule has 17 heavy (non-hydrogen) atoms. The normalized spacial score (nSPS) is 25.4. The lowest BCUT2D eigenvalue weighted by Crippen LogP contribution is -2.34. The lowest BCUT2D eigenvalue weighted by molar-refractivity contribution is -0.0150.